The number of nitrogen functional groups attached to an aromatic ring is 1. The number of hydrogen-bond acceptors (Lipinski definition) is 4. The Bertz CT molecular complexity index is 551. The summed E-state index contributed by atoms with van der Waals surface area (Å²) < 4.78 is 26.6. The van der Waals surface area contributed by atoms with Crippen LogP contribution >= 0.6 is 0 Å². The molecule has 5 nitrogen and oxygen atoms in total. The summed E-state index contributed by atoms with van der Waals surface area (Å²) in [5.41, 5.74) is 6.15. The van der Waals surface area contributed by atoms with Crippen molar-refractivity contribution in [3.05, 3.63) is 24.3 Å². The Morgan fingerprint density at radius 3 is 2.45 bits per heavy atom. The van der Waals surface area contributed by atoms with E-state index in [9.17, 15) is 8.42 Å². The Kier molecular flexibility index (Phi) is 4.67. The lowest BCUT2D eigenvalue weighted by atomic mass is 10.2. The zero-order chi connectivity index (χ0) is 14.8. The standard InChI is InChI=1S/C14H23N3O2S/c1-3-12(2)16-7-9-17(10-8-16)20(18,19)14-6-4-5-13(15)11-14/h4-6,11-12H,3,7-10,15H2,1-2H3. The minimum absolute atomic E-state index is 0.287. The van der Waals surface area contributed by atoms with Gasteiger partial charge in [0.05, 0.1) is 4.90 Å². The monoisotopic (exact) mass is 297 g/mol. The molecular formula is C14H23N3O2S. The highest BCUT2D eigenvalue weighted by molar-refractivity contribution is 7.89. The third kappa shape index (κ3) is 3.13. The van der Waals surface area contributed by atoms with E-state index in [1.807, 2.05) is 0 Å². The van der Waals surface area contributed by atoms with Crippen molar-refractivity contribution in [2.45, 2.75) is 31.2 Å². The van der Waals surface area contributed by atoms with Crippen LogP contribution < -0.4 is 5.73 Å². The maximum atomic E-state index is 12.5. The van der Waals surface area contributed by atoms with Crippen LogP contribution in [0.2, 0.25) is 0 Å². The molecule has 20 heavy (non-hydrogen) atoms. The van der Waals surface area contributed by atoms with Crippen molar-refractivity contribution in [2.24, 2.45) is 0 Å². The molecule has 0 spiro atoms. The number of piperazine rings is 1. The molecule has 0 radical (unpaired) electrons. The van der Waals surface area contributed by atoms with Gasteiger partial charge in [-0.05, 0) is 31.5 Å². The lowest BCUT2D eigenvalue weighted by Crippen LogP contribution is -2.51. The fourth-order valence-electron chi connectivity index (χ4n) is 2.47. The topological polar surface area (TPSA) is 66.6 Å². The highest BCUT2D eigenvalue weighted by Crippen LogP contribution is 2.20. The molecule has 1 aromatic rings. The first kappa shape index (κ1) is 15.3. The second kappa shape index (κ2) is 6.11. The molecule has 0 aliphatic carbocycles. The zero-order valence-corrected chi connectivity index (χ0v) is 12.9. The average molecular weight is 297 g/mol. The van der Waals surface area contributed by atoms with Crippen molar-refractivity contribution in [3.63, 3.8) is 0 Å². The van der Waals surface area contributed by atoms with Crippen molar-refractivity contribution < 1.29 is 8.42 Å². The van der Waals surface area contributed by atoms with Gasteiger partial charge in [0.25, 0.3) is 0 Å². The SMILES string of the molecule is CCC(C)N1CCN(S(=O)(=O)c2cccc(N)c2)CC1. The number of hydrogen-bond donors (Lipinski definition) is 1. The molecule has 1 aromatic carbocycles. The van der Waals surface area contributed by atoms with Gasteiger partial charge in [0, 0.05) is 37.9 Å². The fraction of sp³-hybridized carbons (Fsp3) is 0.571. The summed E-state index contributed by atoms with van der Waals surface area (Å²) in [4.78, 5) is 2.63. The number of anilines is 1. The molecule has 1 atom stereocenters. The van der Waals surface area contributed by atoms with E-state index < -0.39 is 10.0 Å². The molecule has 2 N–H and O–H groups in total. The van der Waals surface area contributed by atoms with E-state index in [2.05, 4.69) is 18.7 Å². The van der Waals surface area contributed by atoms with Gasteiger partial charge in [0.15, 0.2) is 0 Å². The van der Waals surface area contributed by atoms with Crippen LogP contribution in [-0.2, 0) is 10.0 Å². The number of benzene rings is 1. The van der Waals surface area contributed by atoms with Crippen LogP contribution in [-0.4, -0.2) is 49.8 Å². The lowest BCUT2D eigenvalue weighted by molar-refractivity contribution is 0.142. The van der Waals surface area contributed by atoms with Gasteiger partial charge in [-0.25, -0.2) is 8.42 Å². The Morgan fingerprint density at radius 2 is 1.90 bits per heavy atom. The Labute approximate surface area is 121 Å². The molecule has 112 valence electrons. The summed E-state index contributed by atoms with van der Waals surface area (Å²) in [7, 11) is -3.41. The Hall–Kier alpha value is -1.11. The second-order valence-electron chi connectivity index (χ2n) is 5.27. The summed E-state index contributed by atoms with van der Waals surface area (Å²) in [5, 5.41) is 0. The van der Waals surface area contributed by atoms with E-state index in [4.69, 9.17) is 5.73 Å². The number of rotatable bonds is 4. The Balaban J connectivity index is 2.10. The molecule has 1 fully saturated rings. The normalized spacial score (nSPS) is 19.9. The molecule has 6 heteroatoms. The molecule has 0 amide bonds. The van der Waals surface area contributed by atoms with Gasteiger partial charge in [-0.15, -0.1) is 0 Å². The highest BCUT2D eigenvalue weighted by atomic mass is 32.2. The predicted molar refractivity (Wildman–Crippen MR) is 80.9 cm³/mol. The second-order valence-corrected chi connectivity index (χ2v) is 7.21. The first-order valence-corrected chi connectivity index (χ1v) is 8.49. The summed E-state index contributed by atoms with van der Waals surface area (Å²) in [6.07, 6.45) is 1.09. The van der Waals surface area contributed by atoms with Gasteiger partial charge in [-0.1, -0.05) is 13.0 Å². The van der Waals surface area contributed by atoms with Crippen molar-refractivity contribution in [1.29, 1.82) is 0 Å². The number of sulfonamides is 1. The van der Waals surface area contributed by atoms with Crippen LogP contribution in [0.4, 0.5) is 5.69 Å². The fourth-order valence-corrected chi connectivity index (χ4v) is 3.94. The van der Waals surface area contributed by atoms with Gasteiger partial charge in [-0.2, -0.15) is 4.31 Å². The molecule has 1 saturated heterocycles. The quantitative estimate of drug-likeness (QED) is 0.853. The van der Waals surface area contributed by atoms with E-state index in [-0.39, 0.29) is 4.90 Å². The smallest absolute Gasteiger partial charge is 0.243 e. The van der Waals surface area contributed by atoms with Crippen molar-refractivity contribution >= 4 is 15.7 Å². The molecule has 0 aromatic heterocycles. The first-order valence-electron chi connectivity index (χ1n) is 7.05. The minimum Gasteiger partial charge on any atom is -0.399 e. The van der Waals surface area contributed by atoms with Crippen molar-refractivity contribution in [3.8, 4) is 0 Å². The molecule has 0 saturated carbocycles. The predicted octanol–water partition coefficient (Wildman–Crippen LogP) is 1.37. The van der Waals surface area contributed by atoms with Crippen LogP contribution in [0.15, 0.2) is 29.2 Å². The van der Waals surface area contributed by atoms with Crippen molar-refractivity contribution in [1.82, 2.24) is 9.21 Å². The number of nitrogens with two attached hydrogens (primary N) is 1. The highest BCUT2D eigenvalue weighted by Gasteiger charge is 2.29. The van der Waals surface area contributed by atoms with Gasteiger partial charge in [0.2, 0.25) is 10.0 Å². The largest absolute Gasteiger partial charge is 0.399 e. The van der Waals surface area contributed by atoms with Gasteiger partial charge in [-0.3, -0.25) is 4.90 Å². The maximum absolute atomic E-state index is 12.5. The van der Waals surface area contributed by atoms with Crippen LogP contribution in [0.3, 0.4) is 0 Å². The third-order valence-corrected chi connectivity index (χ3v) is 5.88. The lowest BCUT2D eigenvalue weighted by Gasteiger charge is -2.37. The maximum Gasteiger partial charge on any atom is 0.243 e. The summed E-state index contributed by atoms with van der Waals surface area (Å²) in [5.74, 6) is 0. The van der Waals surface area contributed by atoms with Gasteiger partial charge < -0.3 is 5.73 Å². The molecule has 1 heterocycles. The van der Waals surface area contributed by atoms with Crippen LogP contribution in [0.25, 0.3) is 0 Å². The number of nitrogens with zero attached hydrogens (tertiary/aromatic N) is 2. The summed E-state index contributed by atoms with van der Waals surface area (Å²) in [6, 6.07) is 7.01. The summed E-state index contributed by atoms with van der Waals surface area (Å²) >= 11 is 0. The molecule has 1 aliphatic heterocycles. The Morgan fingerprint density at radius 1 is 1.25 bits per heavy atom. The van der Waals surface area contributed by atoms with E-state index in [0.29, 0.717) is 24.8 Å². The molecule has 1 aliphatic rings. The van der Waals surface area contributed by atoms with Crippen molar-refractivity contribution in [2.75, 3.05) is 31.9 Å². The minimum atomic E-state index is -3.41. The molecule has 2 rings (SSSR count). The van der Waals surface area contributed by atoms with Crippen LogP contribution in [0.1, 0.15) is 20.3 Å². The van der Waals surface area contributed by atoms with E-state index in [0.717, 1.165) is 19.5 Å². The van der Waals surface area contributed by atoms with E-state index in [1.165, 1.54) is 6.07 Å². The van der Waals surface area contributed by atoms with Gasteiger partial charge >= 0.3 is 0 Å². The zero-order valence-electron chi connectivity index (χ0n) is 12.1. The third-order valence-electron chi connectivity index (χ3n) is 3.98. The average Bonchev–Trinajstić information content (AvgIpc) is 2.46. The summed E-state index contributed by atoms with van der Waals surface area (Å²) in [6.45, 7) is 7.00. The van der Waals surface area contributed by atoms with Crippen LogP contribution in [0.5, 0.6) is 0 Å². The van der Waals surface area contributed by atoms with E-state index in [1.54, 1.807) is 22.5 Å². The first-order chi connectivity index (χ1) is 9.45. The molecule has 1 unspecified atom stereocenters. The molecular weight excluding hydrogens is 274 g/mol. The molecule has 0 bridgehead atoms. The van der Waals surface area contributed by atoms with E-state index >= 15 is 0 Å². The van der Waals surface area contributed by atoms with Crippen LogP contribution in [0, 0.1) is 0 Å². The van der Waals surface area contributed by atoms with Gasteiger partial charge in [0.1, 0.15) is 0 Å².